The number of piperidine rings is 1. The fraction of sp³-hybridized carbons (Fsp3) is 0.389. The molecule has 0 bridgehead atoms. The molecule has 1 fully saturated rings. The van der Waals surface area contributed by atoms with Crippen LogP contribution >= 0.6 is 0 Å². The number of nitrogens with zero attached hydrogens (tertiary/aromatic N) is 3. The number of benzene rings is 1. The Bertz CT molecular complexity index is 954. The number of carbonyl (C=O) groups excluding carboxylic acids is 1. The molecule has 2 amide bonds. The highest BCUT2D eigenvalue weighted by molar-refractivity contribution is 7.92. The van der Waals surface area contributed by atoms with E-state index >= 15 is 4.39 Å². The molecule has 1 saturated heterocycles. The molecule has 0 aliphatic carbocycles. The minimum atomic E-state index is -4.55. The minimum Gasteiger partial charge on any atom is -0.317 e. The Morgan fingerprint density at radius 1 is 1.29 bits per heavy atom. The summed E-state index contributed by atoms with van der Waals surface area (Å²) in [5, 5.41) is 7.04. The number of sulfone groups is 1. The average molecular weight is 410 g/mol. The monoisotopic (exact) mass is 410 g/mol. The summed E-state index contributed by atoms with van der Waals surface area (Å²) in [6.45, 7) is 1.13. The zero-order valence-electron chi connectivity index (χ0n) is 15.2. The van der Waals surface area contributed by atoms with Crippen LogP contribution in [0.2, 0.25) is 0 Å². The Balaban J connectivity index is 1.90. The molecular formula is C18H20F2N4O3S. The van der Waals surface area contributed by atoms with Crippen molar-refractivity contribution in [2.24, 2.45) is 0 Å². The van der Waals surface area contributed by atoms with Gasteiger partial charge in [-0.25, -0.2) is 22.0 Å². The standard InChI is InChI=1S/C18H20F2N4O3S/c1-18(20,28(26,27)15-6-4-5-13(19)11-15)16-7-2-3-10-24(16)17(25)23-14-8-9-21-22-12-14/h4-6,8-9,11-12,16H,2-3,7,10H2,1H3,(H,21,23,25). The third-order valence-electron chi connectivity index (χ3n) is 4.83. The minimum absolute atomic E-state index is 0.170. The van der Waals surface area contributed by atoms with E-state index in [0.717, 1.165) is 25.1 Å². The number of amides is 2. The Kier molecular flexibility index (Phi) is 5.59. The van der Waals surface area contributed by atoms with Gasteiger partial charge in [0.25, 0.3) is 0 Å². The third kappa shape index (κ3) is 3.82. The average Bonchev–Trinajstić information content (AvgIpc) is 2.68. The van der Waals surface area contributed by atoms with Crippen molar-refractivity contribution in [2.75, 3.05) is 11.9 Å². The first-order valence-electron chi connectivity index (χ1n) is 8.77. The number of hydrogen-bond donors (Lipinski definition) is 1. The number of hydrogen-bond acceptors (Lipinski definition) is 5. The SMILES string of the molecule is CC(F)(C1CCCCN1C(=O)Nc1ccnnc1)S(=O)(=O)c1cccc(F)c1. The van der Waals surface area contributed by atoms with Crippen LogP contribution in [0.1, 0.15) is 26.2 Å². The lowest BCUT2D eigenvalue weighted by Gasteiger charge is -2.41. The van der Waals surface area contributed by atoms with Gasteiger partial charge in [0.1, 0.15) is 5.82 Å². The summed E-state index contributed by atoms with van der Waals surface area (Å²) in [6, 6.07) is 3.88. The van der Waals surface area contributed by atoms with Gasteiger partial charge in [-0.3, -0.25) is 0 Å². The summed E-state index contributed by atoms with van der Waals surface area (Å²) in [5.74, 6) is -0.777. The van der Waals surface area contributed by atoms with Crippen LogP contribution in [0.3, 0.4) is 0 Å². The van der Waals surface area contributed by atoms with Gasteiger partial charge in [-0.2, -0.15) is 10.2 Å². The van der Waals surface area contributed by atoms with E-state index in [4.69, 9.17) is 0 Å². The quantitative estimate of drug-likeness (QED) is 0.836. The summed E-state index contributed by atoms with van der Waals surface area (Å²) >= 11 is 0. The van der Waals surface area contributed by atoms with Gasteiger partial charge in [0.05, 0.1) is 29.0 Å². The van der Waals surface area contributed by atoms with E-state index in [0.29, 0.717) is 18.5 Å². The second-order valence-corrected chi connectivity index (χ2v) is 8.99. The van der Waals surface area contributed by atoms with Crippen LogP contribution in [0, 0.1) is 5.82 Å². The number of alkyl halides is 1. The van der Waals surface area contributed by atoms with E-state index in [1.807, 2.05) is 0 Å². The second kappa shape index (κ2) is 7.78. The summed E-state index contributed by atoms with van der Waals surface area (Å²) < 4.78 is 55.1. The molecule has 1 aliphatic rings. The van der Waals surface area contributed by atoms with E-state index in [-0.39, 0.29) is 13.0 Å². The number of urea groups is 1. The van der Waals surface area contributed by atoms with Crippen molar-refractivity contribution < 1.29 is 22.0 Å². The molecule has 150 valence electrons. The van der Waals surface area contributed by atoms with Gasteiger partial charge in [0.2, 0.25) is 14.8 Å². The predicted octanol–water partition coefficient (Wildman–Crippen LogP) is 3.16. The van der Waals surface area contributed by atoms with Gasteiger partial charge in [0.15, 0.2) is 0 Å². The third-order valence-corrected chi connectivity index (χ3v) is 7.02. The van der Waals surface area contributed by atoms with Gasteiger partial charge in [0, 0.05) is 6.54 Å². The van der Waals surface area contributed by atoms with Crippen molar-refractivity contribution in [3.05, 3.63) is 48.5 Å². The number of aromatic nitrogens is 2. The predicted molar refractivity (Wildman–Crippen MR) is 98.5 cm³/mol. The maximum absolute atomic E-state index is 15.8. The molecule has 7 nitrogen and oxygen atoms in total. The van der Waals surface area contributed by atoms with E-state index in [2.05, 4.69) is 15.5 Å². The molecule has 1 aliphatic heterocycles. The molecule has 1 aromatic carbocycles. The number of rotatable bonds is 4. The molecule has 0 saturated carbocycles. The van der Waals surface area contributed by atoms with Crippen molar-refractivity contribution in [1.82, 2.24) is 15.1 Å². The van der Waals surface area contributed by atoms with Crippen molar-refractivity contribution in [1.29, 1.82) is 0 Å². The maximum atomic E-state index is 15.8. The fourth-order valence-corrected chi connectivity index (χ4v) is 4.90. The van der Waals surface area contributed by atoms with Crippen molar-refractivity contribution >= 4 is 21.6 Å². The number of nitrogens with one attached hydrogen (secondary N) is 1. The van der Waals surface area contributed by atoms with Crippen LogP contribution < -0.4 is 5.32 Å². The van der Waals surface area contributed by atoms with Gasteiger partial charge in [-0.05, 0) is 50.5 Å². The molecule has 0 radical (unpaired) electrons. The van der Waals surface area contributed by atoms with E-state index in [1.54, 1.807) is 0 Å². The normalized spacial score (nSPS) is 19.7. The summed E-state index contributed by atoms with van der Waals surface area (Å²) in [4.78, 5) is 13.4. The number of halogens is 2. The largest absolute Gasteiger partial charge is 0.322 e. The zero-order chi connectivity index (χ0) is 20.4. The number of carbonyl (C=O) groups is 1. The zero-order valence-corrected chi connectivity index (χ0v) is 16.0. The first-order valence-corrected chi connectivity index (χ1v) is 10.3. The topological polar surface area (TPSA) is 92.3 Å². The molecule has 2 aromatic rings. The second-order valence-electron chi connectivity index (χ2n) is 6.71. The maximum Gasteiger partial charge on any atom is 0.322 e. The van der Waals surface area contributed by atoms with Crippen LogP contribution in [0.4, 0.5) is 19.3 Å². The Morgan fingerprint density at radius 3 is 2.75 bits per heavy atom. The van der Waals surface area contributed by atoms with Crippen LogP contribution in [0.15, 0.2) is 47.6 Å². The van der Waals surface area contributed by atoms with Crippen molar-refractivity contribution in [3.8, 4) is 0 Å². The highest BCUT2D eigenvalue weighted by atomic mass is 32.2. The molecule has 28 heavy (non-hydrogen) atoms. The molecule has 0 spiro atoms. The van der Waals surface area contributed by atoms with Crippen LogP contribution in [-0.4, -0.2) is 47.1 Å². The molecule has 2 heterocycles. The molecule has 10 heteroatoms. The van der Waals surface area contributed by atoms with Gasteiger partial charge < -0.3 is 10.2 Å². The van der Waals surface area contributed by atoms with E-state index in [9.17, 15) is 17.6 Å². The molecule has 3 rings (SSSR count). The number of anilines is 1. The van der Waals surface area contributed by atoms with Gasteiger partial charge >= 0.3 is 6.03 Å². The van der Waals surface area contributed by atoms with Crippen LogP contribution in [-0.2, 0) is 9.84 Å². The van der Waals surface area contributed by atoms with E-state index < -0.39 is 37.6 Å². The Morgan fingerprint density at radius 2 is 2.07 bits per heavy atom. The van der Waals surface area contributed by atoms with E-state index in [1.165, 1.54) is 29.4 Å². The molecule has 1 aromatic heterocycles. The lowest BCUT2D eigenvalue weighted by Crippen LogP contribution is -2.57. The molecule has 2 unspecified atom stereocenters. The lowest BCUT2D eigenvalue weighted by molar-refractivity contribution is 0.0884. The molecule has 1 N–H and O–H groups in total. The van der Waals surface area contributed by atoms with Crippen LogP contribution in [0.5, 0.6) is 0 Å². The first-order chi connectivity index (χ1) is 13.2. The van der Waals surface area contributed by atoms with Crippen LogP contribution in [0.25, 0.3) is 0 Å². The smallest absolute Gasteiger partial charge is 0.317 e. The Labute approximate surface area is 161 Å². The lowest BCUT2D eigenvalue weighted by atomic mass is 9.99. The first kappa shape index (κ1) is 20.1. The molecule has 2 atom stereocenters. The fourth-order valence-electron chi connectivity index (χ4n) is 3.31. The highest BCUT2D eigenvalue weighted by Crippen LogP contribution is 2.37. The molecular weight excluding hydrogens is 390 g/mol. The van der Waals surface area contributed by atoms with Crippen molar-refractivity contribution in [2.45, 2.75) is 42.1 Å². The van der Waals surface area contributed by atoms with Crippen molar-refractivity contribution in [3.63, 3.8) is 0 Å². The summed E-state index contributed by atoms with van der Waals surface area (Å²) in [7, 11) is -4.55. The number of likely N-dealkylation sites (tertiary alicyclic amines) is 1. The van der Waals surface area contributed by atoms with Gasteiger partial charge in [-0.1, -0.05) is 6.07 Å². The Hall–Kier alpha value is -2.62. The summed E-state index contributed by atoms with van der Waals surface area (Å²) in [5.41, 5.74) is 0.359. The highest BCUT2D eigenvalue weighted by Gasteiger charge is 2.51. The van der Waals surface area contributed by atoms with Gasteiger partial charge in [-0.15, -0.1) is 0 Å². The summed E-state index contributed by atoms with van der Waals surface area (Å²) in [6.07, 6.45) is 4.08.